The minimum absolute atomic E-state index is 0.152. The molecule has 1 atom stereocenters. The molecule has 32 heavy (non-hydrogen) atoms. The Morgan fingerprint density at radius 2 is 2.19 bits per heavy atom. The summed E-state index contributed by atoms with van der Waals surface area (Å²) in [6.07, 6.45) is 6.78. The third-order valence-electron chi connectivity index (χ3n) is 5.37. The monoisotopic (exact) mass is 439 g/mol. The SMILES string of the molecule is COC(=O)Nc1ccc2c(c1)NC(=O)CC/C=C/C[C@H](N1CCCOC1=O)c1ncc-2[nH]1. The van der Waals surface area contributed by atoms with Crippen molar-refractivity contribution in [3.05, 3.63) is 42.4 Å². The number of hydrogen-bond acceptors (Lipinski definition) is 6. The Bertz CT molecular complexity index is 1050. The second-order valence-corrected chi connectivity index (χ2v) is 7.53. The van der Waals surface area contributed by atoms with Crippen LogP contribution in [0.2, 0.25) is 0 Å². The fourth-order valence-electron chi connectivity index (χ4n) is 3.78. The summed E-state index contributed by atoms with van der Waals surface area (Å²) in [7, 11) is 1.28. The summed E-state index contributed by atoms with van der Waals surface area (Å²) in [5.41, 5.74) is 2.39. The van der Waals surface area contributed by atoms with Gasteiger partial charge in [-0.15, -0.1) is 0 Å². The molecule has 10 nitrogen and oxygen atoms in total. The van der Waals surface area contributed by atoms with E-state index in [-0.39, 0.29) is 18.0 Å². The van der Waals surface area contributed by atoms with Crippen LogP contribution in [0.3, 0.4) is 0 Å². The second kappa shape index (κ2) is 9.54. The van der Waals surface area contributed by atoms with Crippen LogP contribution in [0.15, 0.2) is 36.5 Å². The molecule has 0 unspecified atom stereocenters. The van der Waals surface area contributed by atoms with Gasteiger partial charge in [0.15, 0.2) is 0 Å². The van der Waals surface area contributed by atoms with Gasteiger partial charge in [-0.05, 0) is 37.5 Å². The number of nitrogens with zero attached hydrogens (tertiary/aromatic N) is 2. The van der Waals surface area contributed by atoms with Gasteiger partial charge in [0.1, 0.15) is 5.82 Å². The maximum absolute atomic E-state index is 12.5. The molecular formula is C22H25N5O5. The predicted molar refractivity (Wildman–Crippen MR) is 117 cm³/mol. The Labute approximate surface area is 185 Å². The number of aromatic amines is 1. The third kappa shape index (κ3) is 4.74. The summed E-state index contributed by atoms with van der Waals surface area (Å²) in [6.45, 7) is 1.01. The van der Waals surface area contributed by atoms with Gasteiger partial charge in [0.2, 0.25) is 5.91 Å². The van der Waals surface area contributed by atoms with Crippen molar-refractivity contribution in [2.24, 2.45) is 0 Å². The number of rotatable bonds is 2. The van der Waals surface area contributed by atoms with Crippen LogP contribution < -0.4 is 10.6 Å². The van der Waals surface area contributed by atoms with Gasteiger partial charge < -0.3 is 19.8 Å². The van der Waals surface area contributed by atoms with Crippen LogP contribution in [0.1, 0.15) is 37.5 Å². The van der Waals surface area contributed by atoms with Crippen LogP contribution in [-0.4, -0.2) is 53.2 Å². The number of hydrogen-bond donors (Lipinski definition) is 3. The molecule has 3 N–H and O–H groups in total. The molecule has 0 spiro atoms. The first-order valence-corrected chi connectivity index (χ1v) is 10.5. The van der Waals surface area contributed by atoms with Crippen LogP contribution in [0, 0.1) is 0 Å². The standard InChI is InChI=1S/C22H25N5O5/c1-31-21(29)24-14-8-9-15-16(12-14)25-19(28)7-4-2-3-6-18(20-23-13-17(15)26-20)27-10-5-11-32-22(27)30/h2-3,8-9,12-13,18H,4-7,10-11H2,1H3,(H,23,26)(H,24,29)(H,25,28)/b3-2+/t18-/m0/s1. The van der Waals surface area contributed by atoms with E-state index in [1.165, 1.54) is 7.11 Å². The zero-order valence-corrected chi connectivity index (χ0v) is 17.7. The number of H-pyrrole nitrogens is 1. The highest BCUT2D eigenvalue weighted by Crippen LogP contribution is 2.33. The van der Waals surface area contributed by atoms with Crippen molar-refractivity contribution in [3.63, 3.8) is 0 Å². The molecule has 10 heteroatoms. The van der Waals surface area contributed by atoms with Gasteiger partial charge in [-0.3, -0.25) is 15.0 Å². The van der Waals surface area contributed by atoms with E-state index in [2.05, 4.69) is 25.3 Å². The van der Waals surface area contributed by atoms with Crippen molar-refractivity contribution in [1.82, 2.24) is 14.9 Å². The molecule has 2 aliphatic rings. The highest BCUT2D eigenvalue weighted by molar-refractivity contribution is 5.97. The van der Waals surface area contributed by atoms with Gasteiger partial charge in [-0.1, -0.05) is 12.2 Å². The largest absolute Gasteiger partial charge is 0.453 e. The number of aromatic nitrogens is 2. The quantitative estimate of drug-likeness (QED) is 0.611. The average molecular weight is 439 g/mol. The van der Waals surface area contributed by atoms with Crippen molar-refractivity contribution < 1.29 is 23.9 Å². The highest BCUT2D eigenvalue weighted by Gasteiger charge is 2.30. The summed E-state index contributed by atoms with van der Waals surface area (Å²) in [5.74, 6) is 0.484. The maximum Gasteiger partial charge on any atom is 0.411 e. The number of cyclic esters (lactones) is 1. The molecule has 1 aromatic carbocycles. The van der Waals surface area contributed by atoms with Crippen LogP contribution in [-0.2, 0) is 14.3 Å². The van der Waals surface area contributed by atoms with Crippen LogP contribution >= 0.6 is 0 Å². The van der Waals surface area contributed by atoms with E-state index in [1.54, 1.807) is 29.3 Å². The van der Waals surface area contributed by atoms with Crippen LogP contribution in [0.4, 0.5) is 21.0 Å². The average Bonchev–Trinajstić information content (AvgIpc) is 3.26. The summed E-state index contributed by atoms with van der Waals surface area (Å²) >= 11 is 0. The number of benzene rings is 1. The van der Waals surface area contributed by atoms with E-state index < -0.39 is 6.09 Å². The first kappa shape index (κ1) is 21.4. The molecule has 3 amide bonds. The fourth-order valence-corrected chi connectivity index (χ4v) is 3.78. The van der Waals surface area contributed by atoms with E-state index in [9.17, 15) is 14.4 Å². The number of ether oxygens (including phenoxy) is 2. The number of carbonyl (C=O) groups is 3. The molecule has 1 fully saturated rings. The minimum Gasteiger partial charge on any atom is -0.453 e. The molecule has 2 aliphatic heterocycles. The lowest BCUT2D eigenvalue weighted by atomic mass is 10.1. The maximum atomic E-state index is 12.5. The highest BCUT2D eigenvalue weighted by atomic mass is 16.6. The third-order valence-corrected chi connectivity index (χ3v) is 5.37. The number of carbonyl (C=O) groups excluding carboxylic acids is 3. The Morgan fingerprint density at radius 3 is 3.00 bits per heavy atom. The van der Waals surface area contributed by atoms with Gasteiger partial charge in [-0.2, -0.15) is 0 Å². The Balaban J connectivity index is 1.72. The smallest absolute Gasteiger partial charge is 0.411 e. The van der Waals surface area contributed by atoms with E-state index in [1.807, 2.05) is 12.2 Å². The number of amides is 3. The lowest BCUT2D eigenvalue weighted by molar-refractivity contribution is -0.116. The van der Waals surface area contributed by atoms with Crippen molar-refractivity contribution in [2.45, 2.75) is 31.7 Å². The topological polar surface area (TPSA) is 126 Å². The molecule has 1 saturated heterocycles. The van der Waals surface area contributed by atoms with Gasteiger partial charge in [0, 0.05) is 24.2 Å². The number of methoxy groups -OCH3 is 1. The van der Waals surface area contributed by atoms with Crippen molar-refractivity contribution >= 4 is 29.5 Å². The molecule has 4 rings (SSSR count). The van der Waals surface area contributed by atoms with E-state index in [0.717, 1.165) is 6.42 Å². The van der Waals surface area contributed by atoms with Crippen LogP contribution in [0.25, 0.3) is 11.3 Å². The lowest BCUT2D eigenvalue weighted by Gasteiger charge is -2.32. The zero-order chi connectivity index (χ0) is 22.5. The van der Waals surface area contributed by atoms with E-state index in [0.29, 0.717) is 60.9 Å². The molecule has 0 saturated carbocycles. The Kier molecular flexibility index (Phi) is 6.39. The molecule has 0 aliphatic carbocycles. The van der Waals surface area contributed by atoms with Gasteiger partial charge in [0.25, 0.3) is 0 Å². The first-order chi connectivity index (χ1) is 15.5. The number of nitrogens with one attached hydrogen (secondary N) is 3. The van der Waals surface area contributed by atoms with Gasteiger partial charge >= 0.3 is 12.2 Å². The lowest BCUT2D eigenvalue weighted by Crippen LogP contribution is -2.40. The number of fused-ring (bicyclic) bond motifs is 4. The molecule has 2 aromatic rings. The number of allylic oxidation sites excluding steroid dienone is 1. The summed E-state index contributed by atoms with van der Waals surface area (Å²) in [4.78, 5) is 46.0. The molecule has 2 bridgehead atoms. The summed E-state index contributed by atoms with van der Waals surface area (Å²) in [5, 5.41) is 5.51. The molecule has 3 heterocycles. The molecule has 168 valence electrons. The van der Waals surface area contributed by atoms with Gasteiger partial charge in [0.05, 0.1) is 37.3 Å². The Hall–Kier alpha value is -3.82. The molecule has 0 radical (unpaired) electrons. The predicted octanol–water partition coefficient (Wildman–Crippen LogP) is 3.82. The molecular weight excluding hydrogens is 414 g/mol. The number of anilines is 2. The Morgan fingerprint density at radius 1 is 1.31 bits per heavy atom. The summed E-state index contributed by atoms with van der Waals surface area (Å²) < 4.78 is 9.87. The number of imidazole rings is 1. The first-order valence-electron chi connectivity index (χ1n) is 10.5. The second-order valence-electron chi connectivity index (χ2n) is 7.53. The van der Waals surface area contributed by atoms with E-state index >= 15 is 0 Å². The van der Waals surface area contributed by atoms with E-state index in [4.69, 9.17) is 4.74 Å². The fraction of sp³-hybridized carbons (Fsp3) is 0.364. The summed E-state index contributed by atoms with van der Waals surface area (Å²) in [6, 6.07) is 4.85. The zero-order valence-electron chi connectivity index (χ0n) is 17.7. The van der Waals surface area contributed by atoms with Crippen molar-refractivity contribution in [1.29, 1.82) is 0 Å². The molecule has 1 aromatic heterocycles. The normalized spacial score (nSPS) is 19.9. The van der Waals surface area contributed by atoms with Crippen molar-refractivity contribution in [3.8, 4) is 11.3 Å². The van der Waals surface area contributed by atoms with Crippen molar-refractivity contribution in [2.75, 3.05) is 30.9 Å². The minimum atomic E-state index is -0.605. The van der Waals surface area contributed by atoms with Gasteiger partial charge in [-0.25, -0.2) is 14.6 Å². The van der Waals surface area contributed by atoms with Crippen LogP contribution in [0.5, 0.6) is 0 Å².